The first-order valence-corrected chi connectivity index (χ1v) is 7.38. The predicted molar refractivity (Wildman–Crippen MR) is 80.2 cm³/mol. The van der Waals surface area contributed by atoms with Crippen LogP contribution in [0.2, 0.25) is 0 Å². The summed E-state index contributed by atoms with van der Waals surface area (Å²) in [5.41, 5.74) is 1.20. The van der Waals surface area contributed by atoms with E-state index < -0.39 is 0 Å². The van der Waals surface area contributed by atoms with Crippen molar-refractivity contribution in [2.75, 3.05) is 0 Å². The molecule has 1 aromatic heterocycles. The van der Waals surface area contributed by atoms with Gasteiger partial charge < -0.3 is 10.4 Å². The minimum atomic E-state index is -0.207. The van der Waals surface area contributed by atoms with E-state index in [-0.39, 0.29) is 17.7 Å². The molecule has 0 spiro atoms. The molecule has 2 rings (SSSR count). The Morgan fingerprint density at radius 2 is 2.25 bits per heavy atom. The summed E-state index contributed by atoms with van der Waals surface area (Å²) in [7, 11) is 0. The topological polar surface area (TPSA) is 62.2 Å². The van der Waals surface area contributed by atoms with Crippen molar-refractivity contribution in [3.8, 4) is 5.75 Å². The second-order valence-corrected chi connectivity index (χ2v) is 5.86. The SMILES string of the molecule is CCc1cnc(C(C)NC(=O)c2ccc(C)c(O)c2)s1. The molecule has 1 aromatic carbocycles. The third kappa shape index (κ3) is 3.17. The minimum absolute atomic E-state index is 0.132. The number of phenols is 1. The van der Waals surface area contributed by atoms with Gasteiger partial charge in [0.1, 0.15) is 10.8 Å². The number of carbonyl (C=O) groups excluding carboxylic acids is 1. The zero-order valence-electron chi connectivity index (χ0n) is 11.8. The Morgan fingerprint density at radius 3 is 2.85 bits per heavy atom. The number of carbonyl (C=O) groups is 1. The van der Waals surface area contributed by atoms with Crippen molar-refractivity contribution >= 4 is 17.2 Å². The highest BCUT2D eigenvalue weighted by Crippen LogP contribution is 2.22. The van der Waals surface area contributed by atoms with Gasteiger partial charge in [-0.3, -0.25) is 4.79 Å². The molecule has 0 aliphatic rings. The standard InChI is InChI=1S/C15H18N2O2S/c1-4-12-8-16-15(20-12)10(3)17-14(19)11-6-5-9(2)13(18)7-11/h5-8,10,18H,4H2,1-3H3,(H,17,19). The first-order valence-electron chi connectivity index (χ1n) is 6.56. The maximum Gasteiger partial charge on any atom is 0.251 e. The van der Waals surface area contributed by atoms with Crippen molar-refractivity contribution in [2.24, 2.45) is 0 Å². The number of aromatic hydroxyl groups is 1. The fraction of sp³-hybridized carbons (Fsp3) is 0.333. The van der Waals surface area contributed by atoms with Crippen LogP contribution in [0, 0.1) is 6.92 Å². The number of amides is 1. The average Bonchev–Trinajstić information content (AvgIpc) is 2.90. The summed E-state index contributed by atoms with van der Waals surface area (Å²) in [4.78, 5) is 17.6. The summed E-state index contributed by atoms with van der Waals surface area (Å²) < 4.78 is 0. The van der Waals surface area contributed by atoms with E-state index in [1.807, 2.05) is 13.1 Å². The molecule has 20 heavy (non-hydrogen) atoms. The molecule has 0 saturated carbocycles. The number of hydrogen-bond donors (Lipinski definition) is 2. The van der Waals surface area contributed by atoms with Crippen molar-refractivity contribution in [1.82, 2.24) is 10.3 Å². The zero-order valence-corrected chi connectivity index (χ0v) is 12.6. The molecule has 0 fully saturated rings. The molecule has 1 amide bonds. The van der Waals surface area contributed by atoms with Gasteiger partial charge in [0.05, 0.1) is 6.04 Å². The number of aromatic nitrogens is 1. The molecular formula is C15H18N2O2S. The summed E-state index contributed by atoms with van der Waals surface area (Å²) in [6.07, 6.45) is 2.80. The Morgan fingerprint density at radius 1 is 1.50 bits per heavy atom. The summed E-state index contributed by atoms with van der Waals surface area (Å²) in [6, 6.07) is 4.77. The molecule has 1 atom stereocenters. The molecule has 0 aliphatic carbocycles. The predicted octanol–water partition coefficient (Wildman–Crippen LogP) is 3.21. The van der Waals surface area contributed by atoms with E-state index in [9.17, 15) is 9.90 Å². The zero-order chi connectivity index (χ0) is 14.7. The van der Waals surface area contributed by atoms with Gasteiger partial charge in [0, 0.05) is 16.6 Å². The molecule has 0 aliphatic heterocycles. The number of aryl methyl sites for hydroxylation is 2. The van der Waals surface area contributed by atoms with E-state index >= 15 is 0 Å². The number of hydrogen-bond acceptors (Lipinski definition) is 4. The summed E-state index contributed by atoms with van der Waals surface area (Å²) in [5.74, 6) is -0.0751. The van der Waals surface area contributed by atoms with Gasteiger partial charge in [0.2, 0.25) is 0 Å². The van der Waals surface area contributed by atoms with Gasteiger partial charge in [-0.25, -0.2) is 4.98 Å². The Balaban J connectivity index is 2.08. The van der Waals surface area contributed by atoms with Crippen LogP contribution in [0.1, 0.15) is 45.7 Å². The third-order valence-electron chi connectivity index (χ3n) is 3.11. The van der Waals surface area contributed by atoms with Gasteiger partial charge in [0.25, 0.3) is 5.91 Å². The van der Waals surface area contributed by atoms with E-state index in [0.29, 0.717) is 5.56 Å². The largest absolute Gasteiger partial charge is 0.508 e. The van der Waals surface area contributed by atoms with E-state index in [0.717, 1.165) is 17.0 Å². The van der Waals surface area contributed by atoms with Gasteiger partial charge in [0.15, 0.2) is 0 Å². The number of nitrogens with zero attached hydrogens (tertiary/aromatic N) is 1. The van der Waals surface area contributed by atoms with E-state index in [2.05, 4.69) is 17.2 Å². The monoisotopic (exact) mass is 290 g/mol. The number of rotatable bonds is 4. The quantitative estimate of drug-likeness (QED) is 0.909. The lowest BCUT2D eigenvalue weighted by Crippen LogP contribution is -2.26. The molecule has 1 heterocycles. The van der Waals surface area contributed by atoms with Crippen LogP contribution in [0.15, 0.2) is 24.4 Å². The summed E-state index contributed by atoms with van der Waals surface area (Å²) >= 11 is 1.61. The van der Waals surface area contributed by atoms with Crippen LogP contribution < -0.4 is 5.32 Å². The van der Waals surface area contributed by atoms with Crippen LogP contribution in [0.4, 0.5) is 0 Å². The highest BCUT2D eigenvalue weighted by Gasteiger charge is 2.15. The third-order valence-corrected chi connectivity index (χ3v) is 4.43. The molecule has 1 unspecified atom stereocenters. The lowest BCUT2D eigenvalue weighted by Gasteiger charge is -2.11. The maximum absolute atomic E-state index is 12.1. The molecule has 2 aromatic rings. The van der Waals surface area contributed by atoms with Gasteiger partial charge in [-0.2, -0.15) is 0 Å². The Bertz CT molecular complexity index is 622. The molecule has 4 nitrogen and oxygen atoms in total. The second kappa shape index (κ2) is 6.05. The lowest BCUT2D eigenvalue weighted by molar-refractivity contribution is 0.0939. The Hall–Kier alpha value is -1.88. The molecule has 5 heteroatoms. The van der Waals surface area contributed by atoms with Crippen LogP contribution in [0.5, 0.6) is 5.75 Å². The van der Waals surface area contributed by atoms with E-state index in [4.69, 9.17) is 0 Å². The van der Waals surface area contributed by atoms with Crippen LogP contribution in [-0.4, -0.2) is 16.0 Å². The number of benzene rings is 1. The molecule has 0 saturated heterocycles. The van der Waals surface area contributed by atoms with E-state index in [1.54, 1.807) is 30.4 Å². The van der Waals surface area contributed by atoms with Gasteiger partial charge in [-0.15, -0.1) is 11.3 Å². The first kappa shape index (κ1) is 14.5. The van der Waals surface area contributed by atoms with Gasteiger partial charge in [-0.1, -0.05) is 13.0 Å². The second-order valence-electron chi connectivity index (χ2n) is 4.71. The van der Waals surface area contributed by atoms with Crippen molar-refractivity contribution < 1.29 is 9.90 Å². The molecule has 2 N–H and O–H groups in total. The van der Waals surface area contributed by atoms with E-state index in [1.165, 1.54) is 10.9 Å². The fourth-order valence-electron chi connectivity index (χ4n) is 1.78. The average molecular weight is 290 g/mol. The van der Waals surface area contributed by atoms with Crippen LogP contribution in [0.3, 0.4) is 0 Å². The van der Waals surface area contributed by atoms with Crippen LogP contribution >= 0.6 is 11.3 Å². The first-order chi connectivity index (χ1) is 9.51. The molecular weight excluding hydrogens is 272 g/mol. The molecule has 0 bridgehead atoms. The lowest BCUT2D eigenvalue weighted by atomic mass is 10.1. The summed E-state index contributed by atoms with van der Waals surface area (Å²) in [5, 5.41) is 13.4. The van der Waals surface area contributed by atoms with Crippen molar-refractivity contribution in [3.05, 3.63) is 45.4 Å². The van der Waals surface area contributed by atoms with Crippen molar-refractivity contribution in [3.63, 3.8) is 0 Å². The molecule has 0 radical (unpaired) electrons. The van der Waals surface area contributed by atoms with Gasteiger partial charge in [-0.05, 0) is 38.0 Å². The number of nitrogens with one attached hydrogen (secondary N) is 1. The maximum atomic E-state index is 12.1. The smallest absolute Gasteiger partial charge is 0.251 e. The van der Waals surface area contributed by atoms with Crippen molar-refractivity contribution in [2.45, 2.75) is 33.2 Å². The Labute approximate surface area is 122 Å². The van der Waals surface area contributed by atoms with Crippen LogP contribution in [0.25, 0.3) is 0 Å². The fourth-order valence-corrected chi connectivity index (χ4v) is 2.64. The number of phenolic OH excluding ortho intramolecular Hbond substituents is 1. The normalized spacial score (nSPS) is 12.2. The highest BCUT2D eigenvalue weighted by molar-refractivity contribution is 7.11. The summed E-state index contributed by atoms with van der Waals surface area (Å²) in [6.45, 7) is 5.78. The highest BCUT2D eigenvalue weighted by atomic mass is 32.1. The Kier molecular flexibility index (Phi) is 4.39. The molecule has 106 valence electrons. The van der Waals surface area contributed by atoms with Gasteiger partial charge >= 0.3 is 0 Å². The van der Waals surface area contributed by atoms with Crippen molar-refractivity contribution in [1.29, 1.82) is 0 Å². The minimum Gasteiger partial charge on any atom is -0.508 e. The number of thiazole rings is 1. The van der Waals surface area contributed by atoms with Crippen LogP contribution in [-0.2, 0) is 6.42 Å².